The van der Waals surface area contributed by atoms with E-state index in [4.69, 9.17) is 14.7 Å². The second-order valence-electron chi connectivity index (χ2n) is 5.93. The molecular formula is C18H24N2O3. The molecule has 1 aliphatic carbocycles. The van der Waals surface area contributed by atoms with Crippen molar-refractivity contribution in [2.24, 2.45) is 5.92 Å². The van der Waals surface area contributed by atoms with Crippen LogP contribution in [-0.2, 0) is 4.79 Å². The van der Waals surface area contributed by atoms with Crippen molar-refractivity contribution in [3.8, 4) is 17.6 Å². The smallest absolute Gasteiger partial charge is 0.258 e. The molecule has 0 aromatic heterocycles. The maximum atomic E-state index is 12.1. The first-order chi connectivity index (χ1) is 11.1. The standard InChI is InChI=1S/C18H24N2O3/c1-3-22-17-10-14(11-19)8-9-16(17)23-12-18(21)20-15-7-5-4-6-13(15)2/h8-10,13,15H,3-7,12H2,1-2H3,(H,20,21)/t13-,15+/m0/s1. The summed E-state index contributed by atoms with van der Waals surface area (Å²) in [6.07, 6.45) is 4.61. The Balaban J connectivity index is 1.92. The lowest BCUT2D eigenvalue weighted by molar-refractivity contribution is -0.124. The largest absolute Gasteiger partial charge is 0.490 e. The molecule has 1 N–H and O–H groups in total. The summed E-state index contributed by atoms with van der Waals surface area (Å²) in [5, 5.41) is 12.0. The maximum absolute atomic E-state index is 12.1. The zero-order valence-corrected chi connectivity index (χ0v) is 13.8. The fraction of sp³-hybridized carbons (Fsp3) is 0.556. The normalized spacial score (nSPS) is 20.4. The maximum Gasteiger partial charge on any atom is 0.258 e. The third-order valence-electron chi connectivity index (χ3n) is 4.19. The van der Waals surface area contributed by atoms with Crippen LogP contribution in [0.1, 0.15) is 45.1 Å². The number of carbonyl (C=O) groups is 1. The van der Waals surface area contributed by atoms with Crippen molar-refractivity contribution < 1.29 is 14.3 Å². The number of nitriles is 1. The van der Waals surface area contributed by atoms with E-state index < -0.39 is 0 Å². The van der Waals surface area contributed by atoms with Gasteiger partial charge >= 0.3 is 0 Å². The highest BCUT2D eigenvalue weighted by Gasteiger charge is 2.23. The molecule has 1 amide bonds. The van der Waals surface area contributed by atoms with E-state index in [-0.39, 0.29) is 18.6 Å². The van der Waals surface area contributed by atoms with Crippen LogP contribution in [0.3, 0.4) is 0 Å². The number of hydrogen-bond acceptors (Lipinski definition) is 4. The number of nitrogens with one attached hydrogen (secondary N) is 1. The molecule has 0 unspecified atom stereocenters. The van der Waals surface area contributed by atoms with Crippen molar-refractivity contribution >= 4 is 5.91 Å². The molecule has 1 aliphatic rings. The quantitative estimate of drug-likeness (QED) is 0.875. The van der Waals surface area contributed by atoms with Gasteiger partial charge in [0.1, 0.15) is 0 Å². The highest BCUT2D eigenvalue weighted by atomic mass is 16.5. The number of rotatable bonds is 6. The molecule has 2 rings (SSSR count). The molecule has 0 aliphatic heterocycles. The van der Waals surface area contributed by atoms with E-state index in [9.17, 15) is 4.79 Å². The highest BCUT2D eigenvalue weighted by molar-refractivity contribution is 5.78. The van der Waals surface area contributed by atoms with Crippen molar-refractivity contribution in [2.75, 3.05) is 13.2 Å². The molecule has 5 heteroatoms. The van der Waals surface area contributed by atoms with Crippen LogP contribution in [0.25, 0.3) is 0 Å². The number of ether oxygens (including phenoxy) is 2. The summed E-state index contributed by atoms with van der Waals surface area (Å²) in [6, 6.07) is 7.25. The number of carbonyl (C=O) groups excluding carboxylic acids is 1. The summed E-state index contributed by atoms with van der Waals surface area (Å²) in [5.41, 5.74) is 0.501. The average Bonchev–Trinajstić information content (AvgIpc) is 2.56. The van der Waals surface area contributed by atoms with E-state index in [1.165, 1.54) is 12.8 Å². The molecule has 1 aromatic rings. The summed E-state index contributed by atoms with van der Waals surface area (Å²) < 4.78 is 11.1. The lowest BCUT2D eigenvalue weighted by atomic mass is 9.86. The van der Waals surface area contributed by atoms with Gasteiger partial charge in [-0.3, -0.25) is 4.79 Å². The Morgan fingerprint density at radius 1 is 1.30 bits per heavy atom. The van der Waals surface area contributed by atoms with E-state index in [0.717, 1.165) is 12.8 Å². The molecule has 1 fully saturated rings. The molecule has 0 saturated heterocycles. The number of amides is 1. The predicted molar refractivity (Wildman–Crippen MR) is 87.4 cm³/mol. The lowest BCUT2D eigenvalue weighted by Crippen LogP contribution is -2.43. The minimum absolute atomic E-state index is 0.0464. The van der Waals surface area contributed by atoms with Crippen molar-refractivity contribution in [3.63, 3.8) is 0 Å². The molecular weight excluding hydrogens is 292 g/mol. The van der Waals surface area contributed by atoms with Crippen LogP contribution in [-0.4, -0.2) is 25.2 Å². The van der Waals surface area contributed by atoms with Crippen molar-refractivity contribution in [1.82, 2.24) is 5.32 Å². The summed E-state index contributed by atoms with van der Waals surface area (Å²) >= 11 is 0. The Morgan fingerprint density at radius 2 is 2.09 bits per heavy atom. The van der Waals surface area contributed by atoms with Crippen LogP contribution < -0.4 is 14.8 Å². The lowest BCUT2D eigenvalue weighted by Gasteiger charge is -2.29. The minimum atomic E-state index is -0.115. The van der Waals surface area contributed by atoms with Gasteiger partial charge in [-0.05, 0) is 37.8 Å². The molecule has 124 valence electrons. The Bertz CT molecular complexity index is 580. The second kappa shape index (κ2) is 8.42. The Morgan fingerprint density at radius 3 is 2.78 bits per heavy atom. The summed E-state index contributed by atoms with van der Waals surface area (Å²) in [7, 11) is 0. The van der Waals surface area contributed by atoms with Gasteiger partial charge in [-0.1, -0.05) is 19.8 Å². The minimum Gasteiger partial charge on any atom is -0.490 e. The van der Waals surface area contributed by atoms with Crippen LogP contribution in [0.2, 0.25) is 0 Å². The van der Waals surface area contributed by atoms with E-state index in [1.54, 1.807) is 18.2 Å². The molecule has 1 aromatic carbocycles. The zero-order valence-electron chi connectivity index (χ0n) is 13.8. The molecule has 2 atom stereocenters. The zero-order chi connectivity index (χ0) is 16.7. The molecule has 1 saturated carbocycles. The van der Waals surface area contributed by atoms with Crippen molar-refractivity contribution in [2.45, 2.75) is 45.6 Å². The van der Waals surface area contributed by atoms with Gasteiger partial charge in [0, 0.05) is 12.1 Å². The molecule has 0 heterocycles. The summed E-state index contributed by atoms with van der Waals surface area (Å²) in [5.74, 6) is 1.38. The van der Waals surface area contributed by atoms with Gasteiger partial charge in [0.05, 0.1) is 18.2 Å². The van der Waals surface area contributed by atoms with E-state index in [1.807, 2.05) is 6.92 Å². The molecule has 0 radical (unpaired) electrons. The van der Waals surface area contributed by atoms with Crippen LogP contribution in [0.15, 0.2) is 18.2 Å². The van der Waals surface area contributed by atoms with Crippen LogP contribution >= 0.6 is 0 Å². The van der Waals surface area contributed by atoms with Crippen LogP contribution in [0.5, 0.6) is 11.5 Å². The van der Waals surface area contributed by atoms with Crippen molar-refractivity contribution in [3.05, 3.63) is 23.8 Å². The van der Waals surface area contributed by atoms with E-state index in [0.29, 0.717) is 29.6 Å². The number of benzene rings is 1. The first kappa shape index (κ1) is 17.1. The molecule has 5 nitrogen and oxygen atoms in total. The number of nitrogens with zero attached hydrogens (tertiary/aromatic N) is 1. The molecule has 0 bridgehead atoms. The SMILES string of the molecule is CCOc1cc(C#N)ccc1OCC(=O)N[C@@H]1CCCC[C@@H]1C. The molecule has 23 heavy (non-hydrogen) atoms. The summed E-state index contributed by atoms with van der Waals surface area (Å²) in [6.45, 7) is 4.46. The average molecular weight is 316 g/mol. The summed E-state index contributed by atoms with van der Waals surface area (Å²) in [4.78, 5) is 12.1. The van der Waals surface area contributed by atoms with Gasteiger partial charge < -0.3 is 14.8 Å². The van der Waals surface area contributed by atoms with Gasteiger partial charge in [-0.15, -0.1) is 0 Å². The van der Waals surface area contributed by atoms with Crippen molar-refractivity contribution in [1.29, 1.82) is 5.26 Å². The predicted octanol–water partition coefficient (Wildman–Crippen LogP) is 3.03. The fourth-order valence-corrected chi connectivity index (χ4v) is 2.89. The monoisotopic (exact) mass is 316 g/mol. The third kappa shape index (κ3) is 4.88. The Hall–Kier alpha value is -2.22. The number of hydrogen-bond donors (Lipinski definition) is 1. The first-order valence-corrected chi connectivity index (χ1v) is 8.23. The Labute approximate surface area is 137 Å². The first-order valence-electron chi connectivity index (χ1n) is 8.23. The van der Waals surface area contributed by atoms with E-state index in [2.05, 4.69) is 18.3 Å². The molecule has 0 spiro atoms. The van der Waals surface area contributed by atoms with Gasteiger partial charge in [-0.25, -0.2) is 0 Å². The van der Waals surface area contributed by atoms with Gasteiger partial charge in [0.15, 0.2) is 18.1 Å². The fourth-order valence-electron chi connectivity index (χ4n) is 2.89. The highest BCUT2D eigenvalue weighted by Crippen LogP contribution is 2.28. The van der Waals surface area contributed by atoms with Gasteiger partial charge in [-0.2, -0.15) is 5.26 Å². The topological polar surface area (TPSA) is 71.3 Å². The Kier molecular flexibility index (Phi) is 6.28. The van der Waals surface area contributed by atoms with Gasteiger partial charge in [0.25, 0.3) is 5.91 Å². The van der Waals surface area contributed by atoms with E-state index >= 15 is 0 Å². The third-order valence-corrected chi connectivity index (χ3v) is 4.19. The van der Waals surface area contributed by atoms with Gasteiger partial charge in [0.2, 0.25) is 0 Å². The van der Waals surface area contributed by atoms with Crippen LogP contribution in [0, 0.1) is 17.2 Å². The second-order valence-corrected chi connectivity index (χ2v) is 5.93. The van der Waals surface area contributed by atoms with Crippen LogP contribution in [0.4, 0.5) is 0 Å².